The maximum absolute atomic E-state index is 12.7. The Kier molecular flexibility index (Phi) is 5.34. The Labute approximate surface area is 149 Å². The van der Waals surface area contributed by atoms with E-state index in [0.717, 1.165) is 32.1 Å². The van der Waals surface area contributed by atoms with Gasteiger partial charge in [0, 0.05) is 19.2 Å². The average Bonchev–Trinajstić information content (AvgIpc) is 2.61. The Morgan fingerprint density at radius 3 is 2.44 bits per heavy atom. The number of anilines is 1. The summed E-state index contributed by atoms with van der Waals surface area (Å²) < 4.78 is 25.8. The third-order valence-electron chi connectivity index (χ3n) is 5.26. The van der Waals surface area contributed by atoms with Crippen LogP contribution in [0.5, 0.6) is 0 Å². The van der Waals surface area contributed by atoms with Gasteiger partial charge in [0.15, 0.2) is 0 Å². The number of carbonyl (C=O) groups excluding carboxylic acids is 1. The van der Waals surface area contributed by atoms with E-state index in [1.54, 1.807) is 36.2 Å². The molecule has 2 fully saturated rings. The molecular formula is C18H26N2O4S. The summed E-state index contributed by atoms with van der Waals surface area (Å²) in [5, 5.41) is 10.1. The zero-order valence-corrected chi connectivity index (χ0v) is 15.4. The fourth-order valence-corrected chi connectivity index (χ4v) is 5.39. The smallest absolute Gasteiger partial charge is 0.253 e. The van der Waals surface area contributed by atoms with Crippen molar-refractivity contribution in [3.63, 3.8) is 0 Å². The van der Waals surface area contributed by atoms with Gasteiger partial charge in [-0.2, -0.15) is 0 Å². The predicted molar refractivity (Wildman–Crippen MR) is 97.2 cm³/mol. The van der Waals surface area contributed by atoms with E-state index < -0.39 is 16.1 Å². The van der Waals surface area contributed by atoms with E-state index in [1.165, 1.54) is 4.31 Å². The van der Waals surface area contributed by atoms with Gasteiger partial charge in [-0.1, -0.05) is 12.8 Å². The maximum Gasteiger partial charge on any atom is 0.253 e. The zero-order valence-electron chi connectivity index (χ0n) is 14.6. The number of aliphatic hydroxyl groups is 1. The van der Waals surface area contributed by atoms with Gasteiger partial charge in [0.2, 0.25) is 10.0 Å². The first kappa shape index (κ1) is 18.2. The monoisotopic (exact) mass is 366 g/mol. The summed E-state index contributed by atoms with van der Waals surface area (Å²) >= 11 is 0. The van der Waals surface area contributed by atoms with Crippen LogP contribution in [0.25, 0.3) is 0 Å². The molecule has 1 aliphatic carbocycles. The molecule has 1 saturated heterocycles. The fraction of sp³-hybridized carbons (Fsp3) is 0.611. The Morgan fingerprint density at radius 2 is 1.80 bits per heavy atom. The summed E-state index contributed by atoms with van der Waals surface area (Å²) in [6, 6.07) is 6.59. The highest BCUT2D eigenvalue weighted by Gasteiger charge is 2.30. The van der Waals surface area contributed by atoms with Gasteiger partial charge in [-0.05, 0) is 49.9 Å². The van der Waals surface area contributed by atoms with Gasteiger partial charge in [0.05, 0.1) is 23.6 Å². The van der Waals surface area contributed by atoms with Crippen LogP contribution in [0.2, 0.25) is 0 Å². The van der Waals surface area contributed by atoms with E-state index in [9.17, 15) is 18.3 Å². The third-order valence-corrected chi connectivity index (χ3v) is 7.13. The molecule has 2 aliphatic rings. The normalized spacial score (nSPS) is 26.2. The number of amides is 1. The molecule has 0 aromatic heterocycles. The summed E-state index contributed by atoms with van der Waals surface area (Å²) in [6.07, 6.45) is 4.64. The summed E-state index contributed by atoms with van der Waals surface area (Å²) in [7, 11) is -1.52. The van der Waals surface area contributed by atoms with Crippen molar-refractivity contribution in [3.8, 4) is 0 Å². The van der Waals surface area contributed by atoms with Crippen molar-refractivity contribution >= 4 is 21.6 Å². The highest BCUT2D eigenvalue weighted by Crippen LogP contribution is 2.26. The Balaban J connectivity index is 1.74. The minimum absolute atomic E-state index is 0.140. The number of hydrogen-bond acceptors (Lipinski definition) is 4. The summed E-state index contributed by atoms with van der Waals surface area (Å²) in [4.78, 5) is 14.3. The summed E-state index contributed by atoms with van der Waals surface area (Å²) in [5.41, 5.74) is 1.12. The molecule has 1 saturated carbocycles. The maximum atomic E-state index is 12.7. The lowest BCUT2D eigenvalue weighted by molar-refractivity contribution is 0.0268. The number of hydrogen-bond donors (Lipinski definition) is 1. The molecule has 1 N–H and O–H groups in total. The van der Waals surface area contributed by atoms with Crippen molar-refractivity contribution < 1.29 is 18.3 Å². The van der Waals surface area contributed by atoms with Gasteiger partial charge >= 0.3 is 0 Å². The molecule has 2 atom stereocenters. The fourth-order valence-electron chi connectivity index (χ4n) is 3.75. The van der Waals surface area contributed by atoms with E-state index >= 15 is 0 Å². The van der Waals surface area contributed by atoms with Crippen LogP contribution in [-0.4, -0.2) is 55.8 Å². The van der Waals surface area contributed by atoms with Crippen LogP contribution in [0, 0.1) is 0 Å². The number of sulfonamides is 1. The van der Waals surface area contributed by atoms with Gasteiger partial charge < -0.3 is 10.0 Å². The van der Waals surface area contributed by atoms with Crippen LogP contribution in [0.15, 0.2) is 24.3 Å². The molecule has 0 spiro atoms. The summed E-state index contributed by atoms with van der Waals surface area (Å²) in [6.45, 7) is 0.490. The quantitative estimate of drug-likeness (QED) is 0.887. The molecule has 1 heterocycles. The summed E-state index contributed by atoms with van der Waals surface area (Å²) in [5.74, 6) is 0.0368. The number of aliphatic hydroxyl groups excluding tert-OH is 1. The van der Waals surface area contributed by atoms with Gasteiger partial charge in [0.25, 0.3) is 5.91 Å². The molecule has 138 valence electrons. The molecule has 6 nitrogen and oxygen atoms in total. The van der Waals surface area contributed by atoms with Crippen LogP contribution in [-0.2, 0) is 10.0 Å². The van der Waals surface area contributed by atoms with Crippen LogP contribution in [0.1, 0.15) is 48.9 Å². The molecule has 0 unspecified atom stereocenters. The van der Waals surface area contributed by atoms with Gasteiger partial charge in [-0.15, -0.1) is 0 Å². The minimum Gasteiger partial charge on any atom is -0.391 e. The second-order valence-electron chi connectivity index (χ2n) is 6.98. The van der Waals surface area contributed by atoms with Crippen molar-refractivity contribution in [2.45, 2.75) is 50.7 Å². The number of nitrogens with zero attached hydrogens (tertiary/aromatic N) is 2. The zero-order chi connectivity index (χ0) is 18.0. The van der Waals surface area contributed by atoms with Crippen molar-refractivity contribution in [1.82, 2.24) is 4.90 Å². The number of carbonyl (C=O) groups is 1. The molecule has 1 aromatic carbocycles. The second kappa shape index (κ2) is 7.33. The van der Waals surface area contributed by atoms with Crippen LogP contribution < -0.4 is 4.31 Å². The predicted octanol–water partition coefficient (Wildman–Crippen LogP) is 1.99. The van der Waals surface area contributed by atoms with Crippen LogP contribution in [0.4, 0.5) is 5.69 Å². The molecule has 0 radical (unpaired) electrons. The Hall–Kier alpha value is -1.60. The SMILES string of the molecule is CN(C(=O)c1ccc(N2CCCCS2(=O)=O)cc1)[C@@H]1CCCC[C@@H]1O. The average molecular weight is 366 g/mol. The first-order valence-electron chi connectivity index (χ1n) is 8.96. The van der Waals surface area contributed by atoms with Crippen LogP contribution >= 0.6 is 0 Å². The highest BCUT2D eigenvalue weighted by molar-refractivity contribution is 7.92. The second-order valence-corrected chi connectivity index (χ2v) is 8.99. The molecule has 1 aliphatic heterocycles. The molecule has 1 aromatic rings. The van der Waals surface area contributed by atoms with Crippen molar-refractivity contribution in [3.05, 3.63) is 29.8 Å². The first-order chi connectivity index (χ1) is 11.9. The third kappa shape index (κ3) is 3.82. The van der Waals surface area contributed by atoms with Crippen molar-refractivity contribution in [1.29, 1.82) is 0 Å². The van der Waals surface area contributed by atoms with E-state index in [2.05, 4.69) is 0 Å². The number of benzene rings is 1. The van der Waals surface area contributed by atoms with Crippen molar-refractivity contribution in [2.24, 2.45) is 0 Å². The Bertz CT molecular complexity index is 717. The molecule has 3 rings (SSSR count). The van der Waals surface area contributed by atoms with Gasteiger partial charge in [-0.3, -0.25) is 9.10 Å². The Morgan fingerprint density at radius 1 is 1.12 bits per heavy atom. The molecule has 1 amide bonds. The highest BCUT2D eigenvalue weighted by atomic mass is 32.2. The lowest BCUT2D eigenvalue weighted by atomic mass is 9.91. The number of rotatable bonds is 3. The van der Waals surface area contributed by atoms with Gasteiger partial charge in [0.1, 0.15) is 0 Å². The van der Waals surface area contributed by atoms with Gasteiger partial charge in [-0.25, -0.2) is 8.42 Å². The topological polar surface area (TPSA) is 77.9 Å². The van der Waals surface area contributed by atoms with E-state index in [4.69, 9.17) is 0 Å². The molecule has 25 heavy (non-hydrogen) atoms. The first-order valence-corrected chi connectivity index (χ1v) is 10.6. The largest absolute Gasteiger partial charge is 0.391 e. The molecule has 0 bridgehead atoms. The van der Waals surface area contributed by atoms with E-state index in [1.807, 2.05) is 0 Å². The standard InChI is InChI=1S/C18H26N2O4S/c1-19(16-6-2-3-7-17(16)21)18(22)14-8-10-15(11-9-14)20-12-4-5-13-25(20,23)24/h8-11,16-17,21H,2-7,12-13H2,1H3/t16-,17+/m1/s1. The lowest BCUT2D eigenvalue weighted by Crippen LogP contribution is -2.46. The minimum atomic E-state index is -3.25. The van der Waals surface area contributed by atoms with Crippen LogP contribution in [0.3, 0.4) is 0 Å². The van der Waals surface area contributed by atoms with Crippen molar-refractivity contribution in [2.75, 3.05) is 23.7 Å². The van der Waals surface area contributed by atoms with E-state index in [0.29, 0.717) is 24.2 Å². The lowest BCUT2D eigenvalue weighted by Gasteiger charge is -2.35. The molecular weight excluding hydrogens is 340 g/mol. The molecule has 7 heteroatoms. The number of likely N-dealkylation sites (N-methyl/N-ethyl adjacent to an activating group) is 1. The van der Waals surface area contributed by atoms with E-state index in [-0.39, 0.29) is 17.7 Å².